The number of nitrogens with zero attached hydrogens (tertiary/aromatic N) is 4. The first-order chi connectivity index (χ1) is 41.2. The summed E-state index contributed by atoms with van der Waals surface area (Å²) in [6, 6.07) is 29.0. The smallest absolute Gasteiger partial charge is 0.268 e. The van der Waals surface area contributed by atoms with E-state index in [0.29, 0.717) is 16.9 Å². The number of para-hydroxylation sites is 4. The molecule has 6 heteroatoms. The molecule has 0 unspecified atom stereocenters. The summed E-state index contributed by atoms with van der Waals surface area (Å²) in [4.78, 5) is 4.77. The van der Waals surface area contributed by atoms with E-state index in [1.54, 1.807) is 54.7 Å². The molecule has 0 N–H and O–H groups in total. The monoisotopic (exact) mass is 1060 g/mol. The van der Waals surface area contributed by atoms with E-state index in [4.69, 9.17) is 30.3 Å². The Labute approximate surface area is 436 Å². The Bertz CT molecular complexity index is 4530. The van der Waals surface area contributed by atoms with Gasteiger partial charge in [-0.05, 0) is 97.2 Å². The summed E-state index contributed by atoms with van der Waals surface area (Å²) in [6.45, 7) is -11.0. The van der Waals surface area contributed by atoms with Crippen molar-refractivity contribution >= 4 is 32.8 Å². The van der Waals surface area contributed by atoms with Crippen LogP contribution in [0.15, 0.2) is 164 Å². The van der Waals surface area contributed by atoms with Crippen molar-refractivity contribution in [2.75, 3.05) is 0 Å². The van der Waals surface area contributed by atoms with Crippen molar-refractivity contribution in [2.24, 2.45) is 0 Å². The summed E-state index contributed by atoms with van der Waals surface area (Å²) in [6.07, 6.45) is -4.21. The molecule has 0 bridgehead atoms. The Kier molecular flexibility index (Phi) is 5.91. The molecule has 1 aliphatic carbocycles. The third kappa shape index (κ3) is 7.48. The fraction of sp³-hybridized carbons (Fsp3) is 0.200. The molecule has 0 saturated carbocycles. The van der Waals surface area contributed by atoms with Crippen LogP contribution in [0.25, 0.3) is 72.3 Å². The van der Waals surface area contributed by atoms with Crippen LogP contribution in [-0.2, 0) is 37.3 Å². The predicted molar refractivity (Wildman–Crippen MR) is 265 cm³/mol. The molecule has 3 heterocycles. The van der Waals surface area contributed by atoms with Crippen LogP contribution in [0.3, 0.4) is 0 Å². The number of imidazole rings is 1. The molecule has 0 atom stereocenters. The maximum absolute atomic E-state index is 10.1. The Hall–Kier alpha value is -6.55. The zero-order valence-electron chi connectivity index (χ0n) is 59.5. The number of aromatic nitrogens is 4. The molecule has 0 saturated heterocycles. The molecule has 0 spiro atoms. The van der Waals surface area contributed by atoms with E-state index in [2.05, 4.69) is 39.2 Å². The van der Waals surface area contributed by atoms with Crippen LogP contribution in [0.1, 0.15) is 111 Å². The molecule has 10 aromatic rings. The van der Waals surface area contributed by atoms with Crippen molar-refractivity contribution in [3.8, 4) is 50.9 Å². The van der Waals surface area contributed by atoms with Crippen LogP contribution < -0.4 is 9.30 Å². The van der Waals surface area contributed by atoms with Gasteiger partial charge in [0.05, 0.1) is 27.7 Å². The van der Waals surface area contributed by atoms with E-state index in [0.717, 1.165) is 21.9 Å². The maximum Gasteiger partial charge on any atom is 0.268 e. The van der Waals surface area contributed by atoms with E-state index >= 15 is 0 Å². The van der Waals surface area contributed by atoms with Gasteiger partial charge < -0.3 is 13.9 Å². The Morgan fingerprint density at radius 2 is 1.42 bits per heavy atom. The van der Waals surface area contributed by atoms with Gasteiger partial charge in [0.15, 0.2) is 0 Å². The fourth-order valence-electron chi connectivity index (χ4n) is 8.32. The Morgan fingerprint density at radius 3 is 2.21 bits per heavy atom. The molecule has 1 aliphatic rings. The third-order valence-electron chi connectivity index (χ3n) is 11.5. The second-order valence-electron chi connectivity index (χ2n) is 16.8. The summed E-state index contributed by atoms with van der Waals surface area (Å²) in [5, 5.41) is 1.82. The minimum absolute atomic E-state index is 0. The first-order valence-electron chi connectivity index (χ1n) is 32.7. The summed E-state index contributed by atoms with van der Waals surface area (Å²) >= 11 is 0. The molecular formula is C60H52N4OPt-2. The van der Waals surface area contributed by atoms with Gasteiger partial charge in [-0.2, -0.15) is 18.2 Å². The molecule has 0 aliphatic heterocycles. The number of fused-ring (bicyclic) bond motifs is 5. The zero-order chi connectivity index (χ0) is 65.2. The summed E-state index contributed by atoms with van der Waals surface area (Å²) in [5.41, 5.74) is -11.6. The molecule has 11 rings (SSSR count). The van der Waals surface area contributed by atoms with Crippen LogP contribution in [0, 0.1) is 18.5 Å². The average molecular weight is 1060 g/mol. The summed E-state index contributed by atoms with van der Waals surface area (Å²) < 4.78 is 229. The topological polar surface area (TPSA) is 35.9 Å². The molecule has 3 aromatic heterocycles. The molecule has 5 nitrogen and oxygen atoms in total. The maximum atomic E-state index is 10.1. The summed E-state index contributed by atoms with van der Waals surface area (Å²) in [5.74, 6) is 1.11. The van der Waals surface area contributed by atoms with Gasteiger partial charge in [0.25, 0.3) is 6.33 Å². The quantitative estimate of drug-likeness (QED) is 0.118. The first kappa shape index (κ1) is 23.8. The molecule has 7 aromatic carbocycles. The third-order valence-corrected chi connectivity index (χ3v) is 11.5. The predicted octanol–water partition coefficient (Wildman–Crippen LogP) is 14.6. The molecule has 330 valence electrons. The SMILES string of the molecule is [2H]c1c([2H])c([2H])c(-c2cccc(-c3c([2H])c([2H])c4c(c3[2H])C(C([2H])([2H])[2H])(C([2H])([2H])[2H])C([2H])([2H])C([2H])([2H])C4(C([2H])([2H])[2H])C([2H])([2H])[2H])c2-[n+]2[c-]n(-c3[c-]c(Oc4[c-]c5c(cc4)c4ccccc4n5-c4cc(C(C)(C)C)ccn4)ccc3)c3ccccc32)c([2H])c1[2H].[Pt]. The standard InChI is InChI=1S/C60H52N4O.Pt/c1-58(2,3)42-31-34-61-56(36-42)64-52-24-12-11-21-48(52)49-29-28-45(38-55(49)64)65-44-20-15-19-43(37-44)62-39-63(54-26-14-13-25-53(54)62)57-46(40-17-9-8-10-18-40)22-16-23-47(57)41-27-30-50-51(35-41)60(6,7)33-32-59(50,4)5;/h8-31,34-36H,32-33H2,1-7H3;/q-2;/i4D3,5D3,6D3,7D3,8D,9D,10D,17D,18D,27D,30D,32D2,33D2,35D;. The van der Waals surface area contributed by atoms with Gasteiger partial charge in [-0.3, -0.25) is 4.57 Å². The molecule has 0 amide bonds. The number of pyridine rings is 1. The van der Waals surface area contributed by atoms with Gasteiger partial charge >= 0.3 is 0 Å². The molecule has 66 heavy (non-hydrogen) atoms. The molecule has 0 radical (unpaired) electrons. The molecular weight excluding hydrogens is 988 g/mol. The Balaban J connectivity index is 0.00000891. The fourth-order valence-corrected chi connectivity index (χ4v) is 8.32. The first-order valence-corrected chi connectivity index (χ1v) is 20.7. The average Bonchev–Trinajstić information content (AvgIpc) is 0.732. The van der Waals surface area contributed by atoms with Crippen molar-refractivity contribution in [1.29, 1.82) is 0 Å². The number of rotatable bonds is 7. The van der Waals surface area contributed by atoms with E-state index < -0.39 is 127 Å². The van der Waals surface area contributed by atoms with E-state index in [1.165, 1.54) is 27.3 Å². The van der Waals surface area contributed by atoms with Crippen molar-refractivity contribution < 1.29 is 63.3 Å². The largest absolute Gasteiger partial charge is 0.510 e. The number of benzene rings is 7. The van der Waals surface area contributed by atoms with Crippen molar-refractivity contribution in [2.45, 2.75) is 77.2 Å². The van der Waals surface area contributed by atoms with Gasteiger partial charge in [-0.15, -0.1) is 29.7 Å². The van der Waals surface area contributed by atoms with Gasteiger partial charge in [0, 0.05) is 66.2 Å². The van der Waals surface area contributed by atoms with Gasteiger partial charge in [0.1, 0.15) is 5.82 Å². The zero-order valence-corrected chi connectivity index (χ0v) is 37.8. The number of hydrogen-bond donors (Lipinski definition) is 0. The number of hydrogen-bond acceptors (Lipinski definition) is 2. The van der Waals surface area contributed by atoms with Gasteiger partial charge in [0.2, 0.25) is 0 Å². The van der Waals surface area contributed by atoms with Crippen LogP contribution in [0.5, 0.6) is 11.5 Å². The van der Waals surface area contributed by atoms with Crippen molar-refractivity contribution in [3.63, 3.8) is 0 Å². The van der Waals surface area contributed by atoms with Crippen LogP contribution in [0.4, 0.5) is 0 Å². The second-order valence-corrected chi connectivity index (χ2v) is 16.8. The van der Waals surface area contributed by atoms with Crippen LogP contribution in [-0.4, -0.2) is 14.1 Å². The normalized spacial score (nSPS) is 21.9. The minimum Gasteiger partial charge on any atom is -0.510 e. The van der Waals surface area contributed by atoms with Crippen molar-refractivity contribution in [1.82, 2.24) is 14.1 Å². The minimum atomic E-state index is -4.61. The van der Waals surface area contributed by atoms with Gasteiger partial charge in [-0.1, -0.05) is 163 Å². The van der Waals surface area contributed by atoms with Crippen LogP contribution in [0.2, 0.25) is 0 Å². The van der Waals surface area contributed by atoms with Crippen LogP contribution >= 0.6 is 0 Å². The number of ether oxygens (including phenoxy) is 1. The van der Waals surface area contributed by atoms with E-state index in [9.17, 15) is 12.3 Å². The van der Waals surface area contributed by atoms with Crippen molar-refractivity contribution in [3.05, 3.63) is 199 Å². The Morgan fingerprint density at radius 1 is 0.712 bits per heavy atom. The molecule has 0 fully saturated rings. The van der Waals surface area contributed by atoms with E-state index in [1.807, 2.05) is 47.0 Å². The van der Waals surface area contributed by atoms with E-state index in [-0.39, 0.29) is 60.4 Å². The summed E-state index contributed by atoms with van der Waals surface area (Å²) in [7, 11) is 0. The van der Waals surface area contributed by atoms with Gasteiger partial charge in [-0.25, -0.2) is 4.98 Å². The second kappa shape index (κ2) is 16.4.